The van der Waals surface area contributed by atoms with Gasteiger partial charge in [-0.2, -0.15) is 5.10 Å². The van der Waals surface area contributed by atoms with E-state index in [1.54, 1.807) is 6.20 Å². The molecule has 0 radical (unpaired) electrons. The van der Waals surface area contributed by atoms with Crippen molar-refractivity contribution in [3.8, 4) is 0 Å². The fourth-order valence-electron chi connectivity index (χ4n) is 3.57. The quantitative estimate of drug-likeness (QED) is 0.801. The van der Waals surface area contributed by atoms with Crippen LogP contribution in [0, 0.1) is 12.8 Å². The number of carbonyl (C=O) groups excluding carboxylic acids is 1. The van der Waals surface area contributed by atoms with Crippen molar-refractivity contribution in [3.63, 3.8) is 0 Å². The van der Waals surface area contributed by atoms with Crippen LogP contribution in [0.3, 0.4) is 0 Å². The molecule has 1 aliphatic rings. The van der Waals surface area contributed by atoms with Gasteiger partial charge in [-0.25, -0.2) is 9.50 Å². The van der Waals surface area contributed by atoms with E-state index in [1.165, 1.54) is 16.8 Å². The minimum atomic E-state index is -0.131. The number of rotatable bonds is 3. The maximum absolute atomic E-state index is 12.6. The summed E-state index contributed by atoms with van der Waals surface area (Å²) in [5.41, 5.74) is 5.90. The summed E-state index contributed by atoms with van der Waals surface area (Å²) < 4.78 is 1.85. The Labute approximate surface area is 147 Å². The highest BCUT2D eigenvalue weighted by molar-refractivity contribution is 5.99. The van der Waals surface area contributed by atoms with Gasteiger partial charge in [0, 0.05) is 18.4 Å². The Morgan fingerprint density at radius 2 is 2.24 bits per heavy atom. The van der Waals surface area contributed by atoms with Crippen LogP contribution < -0.4 is 5.32 Å². The lowest BCUT2D eigenvalue weighted by molar-refractivity contribution is 0.0952. The van der Waals surface area contributed by atoms with Gasteiger partial charge in [0.1, 0.15) is 5.56 Å². The molecule has 1 aliphatic carbocycles. The highest BCUT2D eigenvalue weighted by atomic mass is 16.1. The third-order valence-corrected chi connectivity index (χ3v) is 4.94. The minimum absolute atomic E-state index is 0.131. The molecule has 0 saturated heterocycles. The van der Waals surface area contributed by atoms with Crippen molar-refractivity contribution < 1.29 is 4.79 Å². The lowest BCUT2D eigenvalue weighted by Gasteiger charge is -2.21. The van der Waals surface area contributed by atoms with Gasteiger partial charge < -0.3 is 5.32 Å². The lowest BCUT2D eigenvalue weighted by atomic mass is 9.89. The molecule has 1 amide bonds. The smallest absolute Gasteiger partial charge is 0.257 e. The second kappa shape index (κ2) is 6.31. The first-order valence-corrected chi connectivity index (χ1v) is 8.80. The molecule has 5 nitrogen and oxygen atoms in total. The number of nitrogens with one attached hydrogen (secondary N) is 1. The van der Waals surface area contributed by atoms with Gasteiger partial charge >= 0.3 is 0 Å². The van der Waals surface area contributed by atoms with Gasteiger partial charge in [-0.1, -0.05) is 36.8 Å². The van der Waals surface area contributed by atoms with Crippen molar-refractivity contribution >= 4 is 11.6 Å². The predicted octanol–water partition coefficient (Wildman–Crippen LogP) is 3.09. The SMILES string of the molecule is Cc1cccc(CNC(=O)c2cnn3c4c(cnc23)CC(C)CC4)c1. The monoisotopic (exact) mass is 334 g/mol. The second-order valence-electron chi connectivity index (χ2n) is 7.04. The molecule has 1 atom stereocenters. The topological polar surface area (TPSA) is 59.3 Å². The van der Waals surface area contributed by atoms with E-state index in [4.69, 9.17) is 0 Å². The van der Waals surface area contributed by atoms with E-state index in [0.717, 1.165) is 24.8 Å². The fraction of sp³-hybridized carbons (Fsp3) is 0.350. The van der Waals surface area contributed by atoms with E-state index in [1.807, 2.05) is 35.8 Å². The molecule has 2 aromatic heterocycles. The fourth-order valence-corrected chi connectivity index (χ4v) is 3.57. The number of hydrogen-bond donors (Lipinski definition) is 1. The standard InChI is InChI=1S/C20H22N4O/c1-13-4-3-5-15(8-13)10-22-20(25)17-12-23-24-18-7-6-14(2)9-16(18)11-21-19(17)24/h3-5,8,11-12,14H,6-7,9-10H2,1-2H3,(H,22,25). The van der Waals surface area contributed by atoms with Gasteiger partial charge in [0.2, 0.25) is 0 Å². The number of aryl methyl sites for hydroxylation is 2. The molecule has 5 heteroatoms. The molecule has 4 rings (SSSR count). The van der Waals surface area contributed by atoms with Gasteiger partial charge in [0.05, 0.1) is 6.20 Å². The van der Waals surface area contributed by atoms with E-state index in [-0.39, 0.29) is 5.91 Å². The maximum atomic E-state index is 12.6. The van der Waals surface area contributed by atoms with Crippen LogP contribution in [-0.4, -0.2) is 20.5 Å². The van der Waals surface area contributed by atoms with Crippen LogP contribution in [0.25, 0.3) is 5.65 Å². The van der Waals surface area contributed by atoms with E-state index >= 15 is 0 Å². The van der Waals surface area contributed by atoms with Crippen LogP contribution in [0.2, 0.25) is 0 Å². The molecule has 25 heavy (non-hydrogen) atoms. The Balaban J connectivity index is 1.58. The van der Waals surface area contributed by atoms with Crippen molar-refractivity contribution in [2.75, 3.05) is 0 Å². The Morgan fingerprint density at radius 3 is 3.08 bits per heavy atom. The molecule has 128 valence electrons. The molecule has 1 unspecified atom stereocenters. The van der Waals surface area contributed by atoms with E-state index in [9.17, 15) is 4.79 Å². The van der Waals surface area contributed by atoms with E-state index < -0.39 is 0 Å². The molecule has 0 fully saturated rings. The zero-order valence-corrected chi connectivity index (χ0v) is 14.6. The number of hydrogen-bond acceptors (Lipinski definition) is 3. The average Bonchev–Trinajstić information content (AvgIpc) is 3.04. The number of fused-ring (bicyclic) bond motifs is 3. The molecule has 0 aliphatic heterocycles. The molecule has 2 heterocycles. The Morgan fingerprint density at radius 1 is 1.36 bits per heavy atom. The molecule has 0 bridgehead atoms. The zero-order valence-electron chi connectivity index (χ0n) is 14.6. The molecule has 1 aromatic carbocycles. The molecule has 1 N–H and O–H groups in total. The van der Waals surface area contributed by atoms with Gasteiger partial charge in [-0.3, -0.25) is 4.79 Å². The normalized spacial score (nSPS) is 16.6. The van der Waals surface area contributed by atoms with E-state index in [2.05, 4.69) is 28.4 Å². The molecular weight excluding hydrogens is 312 g/mol. The van der Waals surface area contributed by atoms with Crippen molar-refractivity contribution in [2.45, 2.75) is 39.7 Å². The van der Waals surface area contributed by atoms with E-state index in [0.29, 0.717) is 23.7 Å². The van der Waals surface area contributed by atoms with Crippen LogP contribution >= 0.6 is 0 Å². The van der Waals surface area contributed by atoms with Crippen molar-refractivity contribution in [1.82, 2.24) is 19.9 Å². The third kappa shape index (κ3) is 3.02. The highest BCUT2D eigenvalue weighted by Gasteiger charge is 2.21. The Hall–Kier alpha value is -2.69. The molecular formula is C20H22N4O. The second-order valence-corrected chi connectivity index (χ2v) is 7.04. The third-order valence-electron chi connectivity index (χ3n) is 4.94. The van der Waals surface area contributed by atoms with Crippen LogP contribution in [0.1, 0.15) is 46.1 Å². The Kier molecular flexibility index (Phi) is 3.99. The number of benzene rings is 1. The predicted molar refractivity (Wildman–Crippen MR) is 96.5 cm³/mol. The van der Waals surface area contributed by atoms with Crippen molar-refractivity contribution in [3.05, 3.63) is 64.6 Å². The number of nitrogens with zero attached hydrogens (tertiary/aromatic N) is 3. The zero-order chi connectivity index (χ0) is 17.4. The molecule has 0 saturated carbocycles. The average molecular weight is 334 g/mol. The summed E-state index contributed by atoms with van der Waals surface area (Å²) in [4.78, 5) is 17.1. The summed E-state index contributed by atoms with van der Waals surface area (Å²) in [6.07, 6.45) is 6.72. The highest BCUT2D eigenvalue weighted by Crippen LogP contribution is 2.25. The number of aromatic nitrogens is 3. The summed E-state index contributed by atoms with van der Waals surface area (Å²) in [5.74, 6) is 0.549. The van der Waals surface area contributed by atoms with Gasteiger partial charge in [0.15, 0.2) is 5.65 Å². The van der Waals surface area contributed by atoms with Gasteiger partial charge in [0.25, 0.3) is 5.91 Å². The summed E-state index contributed by atoms with van der Waals surface area (Å²) in [6, 6.07) is 8.14. The molecule has 0 spiro atoms. The summed E-state index contributed by atoms with van der Waals surface area (Å²) in [7, 11) is 0. The first-order chi connectivity index (χ1) is 12.1. The first-order valence-electron chi connectivity index (χ1n) is 8.80. The van der Waals surface area contributed by atoms with Gasteiger partial charge in [-0.05, 0) is 43.2 Å². The summed E-state index contributed by atoms with van der Waals surface area (Å²) in [6.45, 7) is 4.81. The van der Waals surface area contributed by atoms with Crippen molar-refractivity contribution in [1.29, 1.82) is 0 Å². The summed E-state index contributed by atoms with van der Waals surface area (Å²) in [5, 5.41) is 7.42. The molecule has 3 aromatic rings. The number of carbonyl (C=O) groups is 1. The van der Waals surface area contributed by atoms with Crippen molar-refractivity contribution in [2.24, 2.45) is 5.92 Å². The van der Waals surface area contributed by atoms with Crippen LogP contribution in [0.5, 0.6) is 0 Å². The van der Waals surface area contributed by atoms with Crippen LogP contribution in [0.4, 0.5) is 0 Å². The van der Waals surface area contributed by atoms with Crippen LogP contribution in [-0.2, 0) is 19.4 Å². The lowest BCUT2D eigenvalue weighted by Crippen LogP contribution is -2.23. The maximum Gasteiger partial charge on any atom is 0.257 e. The van der Waals surface area contributed by atoms with Gasteiger partial charge in [-0.15, -0.1) is 0 Å². The summed E-state index contributed by atoms with van der Waals surface area (Å²) >= 11 is 0. The minimum Gasteiger partial charge on any atom is -0.348 e. The number of amides is 1. The largest absolute Gasteiger partial charge is 0.348 e. The van der Waals surface area contributed by atoms with Crippen LogP contribution in [0.15, 0.2) is 36.7 Å². The Bertz CT molecular complexity index is 944. The first kappa shape index (κ1) is 15.8.